The molecule has 0 N–H and O–H groups in total. The van der Waals surface area contributed by atoms with E-state index in [0.717, 1.165) is 6.07 Å². The summed E-state index contributed by atoms with van der Waals surface area (Å²) in [5, 5.41) is -0.111. The Balaban J connectivity index is 2.83. The molecule has 0 saturated carbocycles. The van der Waals surface area contributed by atoms with Crippen LogP contribution in [0.2, 0.25) is 0 Å². The number of aromatic nitrogens is 1. The van der Waals surface area contributed by atoms with Crippen molar-refractivity contribution in [1.29, 1.82) is 0 Å². The van der Waals surface area contributed by atoms with Crippen molar-refractivity contribution in [3.8, 4) is 5.75 Å². The Morgan fingerprint density at radius 1 is 1.05 bits per heavy atom. The number of ether oxygens (including phenoxy) is 1. The maximum Gasteiger partial charge on any atom is 0.433 e. The van der Waals surface area contributed by atoms with E-state index in [1.807, 2.05) is 0 Å². The number of halogens is 6. The molecule has 1 aromatic carbocycles. The van der Waals surface area contributed by atoms with Crippen molar-refractivity contribution in [3.05, 3.63) is 35.5 Å². The first-order valence-electron chi connectivity index (χ1n) is 5.85. The Kier molecular flexibility index (Phi) is 3.73. The molecule has 0 amide bonds. The van der Waals surface area contributed by atoms with E-state index in [2.05, 4.69) is 4.98 Å². The lowest BCUT2D eigenvalue weighted by Crippen LogP contribution is -2.12. The molecule has 0 aliphatic carbocycles. The van der Waals surface area contributed by atoms with Gasteiger partial charge in [0.05, 0.1) is 17.7 Å². The fraction of sp³-hybridized carbons (Fsp3) is 0.308. The topological polar surface area (TPSA) is 22.1 Å². The Bertz CT molecular complexity index is 662. The smallest absolute Gasteiger partial charge is 0.433 e. The monoisotopic (exact) mass is 309 g/mol. The molecular weight excluding hydrogens is 300 g/mol. The third kappa shape index (κ3) is 3.03. The first-order chi connectivity index (χ1) is 9.64. The summed E-state index contributed by atoms with van der Waals surface area (Å²) in [5.74, 6) is -0.277. The average Bonchev–Trinajstić information content (AvgIpc) is 2.36. The predicted molar refractivity (Wildman–Crippen MR) is 62.9 cm³/mol. The van der Waals surface area contributed by atoms with Crippen LogP contribution in [0, 0.1) is 0 Å². The highest BCUT2D eigenvalue weighted by Gasteiger charge is 2.37. The van der Waals surface area contributed by atoms with Crippen LogP contribution in [-0.4, -0.2) is 11.6 Å². The van der Waals surface area contributed by atoms with Gasteiger partial charge in [-0.05, 0) is 19.1 Å². The third-order valence-corrected chi connectivity index (χ3v) is 2.70. The predicted octanol–water partition coefficient (Wildman–Crippen LogP) is 4.67. The number of para-hydroxylation sites is 1. The van der Waals surface area contributed by atoms with Crippen LogP contribution in [0.4, 0.5) is 26.3 Å². The molecule has 2 rings (SSSR count). The van der Waals surface area contributed by atoms with Crippen molar-refractivity contribution < 1.29 is 31.1 Å². The lowest BCUT2D eigenvalue weighted by molar-refractivity contribution is -0.142. The molecule has 0 bridgehead atoms. The van der Waals surface area contributed by atoms with Crippen molar-refractivity contribution in [3.63, 3.8) is 0 Å². The van der Waals surface area contributed by atoms with Gasteiger partial charge in [0.1, 0.15) is 11.4 Å². The van der Waals surface area contributed by atoms with Crippen molar-refractivity contribution >= 4 is 10.9 Å². The Morgan fingerprint density at radius 3 is 2.24 bits per heavy atom. The highest BCUT2D eigenvalue weighted by molar-refractivity contribution is 5.88. The second-order valence-electron chi connectivity index (χ2n) is 4.14. The number of fused-ring (bicyclic) bond motifs is 1. The summed E-state index contributed by atoms with van der Waals surface area (Å²) < 4.78 is 82.0. The molecular formula is C13H9F6NO. The first kappa shape index (κ1) is 15.4. The van der Waals surface area contributed by atoms with Crippen LogP contribution in [0.5, 0.6) is 5.75 Å². The van der Waals surface area contributed by atoms with Crippen molar-refractivity contribution in [2.24, 2.45) is 0 Å². The SMILES string of the molecule is CCOc1cc(C(F)(F)F)nc2c(C(F)(F)F)cccc12. The minimum atomic E-state index is -4.86. The highest BCUT2D eigenvalue weighted by Crippen LogP contribution is 2.39. The van der Waals surface area contributed by atoms with Crippen molar-refractivity contribution in [1.82, 2.24) is 4.98 Å². The summed E-state index contributed by atoms with van der Waals surface area (Å²) in [6.07, 6.45) is -9.67. The molecule has 21 heavy (non-hydrogen) atoms. The molecule has 1 heterocycles. The van der Waals surface area contributed by atoms with Gasteiger partial charge in [0.2, 0.25) is 0 Å². The number of benzene rings is 1. The number of hydrogen-bond donors (Lipinski definition) is 0. The minimum Gasteiger partial charge on any atom is -0.493 e. The van der Waals surface area contributed by atoms with Gasteiger partial charge in [-0.15, -0.1) is 0 Å². The van der Waals surface area contributed by atoms with Crippen molar-refractivity contribution in [2.45, 2.75) is 19.3 Å². The van der Waals surface area contributed by atoms with Crippen LogP contribution in [0.3, 0.4) is 0 Å². The first-order valence-corrected chi connectivity index (χ1v) is 5.85. The van der Waals surface area contributed by atoms with Gasteiger partial charge >= 0.3 is 12.4 Å². The minimum absolute atomic E-state index is 0.0205. The fourth-order valence-electron chi connectivity index (χ4n) is 1.87. The molecule has 0 unspecified atom stereocenters. The lowest BCUT2D eigenvalue weighted by Gasteiger charge is -2.15. The Morgan fingerprint density at radius 2 is 1.71 bits per heavy atom. The van der Waals surface area contributed by atoms with E-state index in [0.29, 0.717) is 12.1 Å². The zero-order valence-corrected chi connectivity index (χ0v) is 10.6. The Hall–Kier alpha value is -1.99. The average molecular weight is 309 g/mol. The molecule has 0 atom stereocenters. The number of nitrogens with zero attached hydrogens (tertiary/aromatic N) is 1. The van der Waals surface area contributed by atoms with Crippen LogP contribution < -0.4 is 4.74 Å². The van der Waals surface area contributed by atoms with Gasteiger partial charge in [-0.2, -0.15) is 26.3 Å². The number of rotatable bonds is 2. The largest absolute Gasteiger partial charge is 0.493 e. The number of hydrogen-bond acceptors (Lipinski definition) is 2. The van der Waals surface area contributed by atoms with E-state index in [4.69, 9.17) is 4.74 Å². The normalized spacial score (nSPS) is 12.7. The van der Waals surface area contributed by atoms with Gasteiger partial charge < -0.3 is 4.74 Å². The summed E-state index contributed by atoms with van der Waals surface area (Å²) in [6.45, 7) is 1.54. The van der Waals surface area contributed by atoms with E-state index in [9.17, 15) is 26.3 Å². The van der Waals surface area contributed by atoms with Gasteiger partial charge in [-0.1, -0.05) is 6.07 Å². The summed E-state index contributed by atoms with van der Waals surface area (Å²) in [6, 6.07) is 3.63. The molecule has 2 nitrogen and oxygen atoms in total. The van der Waals surface area contributed by atoms with Crippen LogP contribution >= 0.6 is 0 Å². The summed E-state index contributed by atoms with van der Waals surface area (Å²) in [7, 11) is 0. The second-order valence-corrected chi connectivity index (χ2v) is 4.14. The maximum absolute atomic E-state index is 12.9. The van der Waals surface area contributed by atoms with E-state index in [-0.39, 0.29) is 17.7 Å². The van der Waals surface area contributed by atoms with Gasteiger partial charge in [0.15, 0.2) is 0 Å². The molecule has 0 aliphatic heterocycles. The molecule has 114 valence electrons. The second kappa shape index (κ2) is 5.09. The fourth-order valence-corrected chi connectivity index (χ4v) is 1.87. The zero-order valence-electron chi connectivity index (χ0n) is 10.6. The van der Waals surface area contributed by atoms with E-state index >= 15 is 0 Å². The molecule has 0 aliphatic rings. The van der Waals surface area contributed by atoms with Crippen LogP contribution in [0.25, 0.3) is 10.9 Å². The summed E-state index contributed by atoms with van der Waals surface area (Å²) >= 11 is 0. The van der Waals surface area contributed by atoms with Crippen molar-refractivity contribution in [2.75, 3.05) is 6.61 Å². The van der Waals surface area contributed by atoms with Gasteiger partial charge in [0, 0.05) is 11.5 Å². The standard InChI is InChI=1S/C13H9F6NO/c1-2-21-9-6-10(13(17,18)19)20-11-7(9)4-3-5-8(11)12(14,15)16/h3-6H,2H2,1H3. The molecule has 2 aromatic rings. The highest BCUT2D eigenvalue weighted by atomic mass is 19.4. The lowest BCUT2D eigenvalue weighted by atomic mass is 10.1. The van der Waals surface area contributed by atoms with Gasteiger partial charge in [-0.3, -0.25) is 0 Å². The van der Waals surface area contributed by atoms with Gasteiger partial charge in [-0.25, -0.2) is 4.98 Å². The van der Waals surface area contributed by atoms with Crippen LogP contribution in [0.15, 0.2) is 24.3 Å². The Labute approximate surface area is 115 Å². The van der Waals surface area contributed by atoms with E-state index in [1.165, 1.54) is 13.0 Å². The van der Waals surface area contributed by atoms with E-state index < -0.39 is 29.1 Å². The molecule has 0 radical (unpaired) electrons. The molecule has 8 heteroatoms. The van der Waals surface area contributed by atoms with Crippen LogP contribution in [-0.2, 0) is 12.4 Å². The molecule has 0 saturated heterocycles. The summed E-state index contributed by atoms with van der Waals surface area (Å²) in [5.41, 5.74) is -3.43. The molecule has 0 spiro atoms. The zero-order chi connectivity index (χ0) is 15.8. The number of alkyl halides is 6. The number of pyridine rings is 1. The van der Waals surface area contributed by atoms with Gasteiger partial charge in [0.25, 0.3) is 0 Å². The molecule has 0 fully saturated rings. The molecule has 1 aromatic heterocycles. The maximum atomic E-state index is 12.9. The summed E-state index contributed by atoms with van der Waals surface area (Å²) in [4.78, 5) is 3.13. The quantitative estimate of drug-likeness (QED) is 0.752. The van der Waals surface area contributed by atoms with Crippen LogP contribution in [0.1, 0.15) is 18.2 Å². The van der Waals surface area contributed by atoms with E-state index in [1.54, 1.807) is 0 Å². The third-order valence-electron chi connectivity index (χ3n) is 2.70.